The van der Waals surface area contributed by atoms with Gasteiger partial charge in [-0.2, -0.15) is 0 Å². The van der Waals surface area contributed by atoms with Gasteiger partial charge in [-0.3, -0.25) is 9.69 Å². The Morgan fingerprint density at radius 3 is 2.55 bits per heavy atom. The molecule has 1 fully saturated rings. The van der Waals surface area contributed by atoms with Gasteiger partial charge in [0.2, 0.25) is 0 Å². The minimum Gasteiger partial charge on any atom is -0.469 e. The van der Waals surface area contributed by atoms with E-state index < -0.39 is 0 Å². The quantitative estimate of drug-likeness (QED) is 0.851. The van der Waals surface area contributed by atoms with E-state index in [9.17, 15) is 4.79 Å². The number of hydrogen-bond acceptors (Lipinski definition) is 4. The summed E-state index contributed by atoms with van der Waals surface area (Å²) in [5.74, 6) is 0.788. The number of nitrogens with two attached hydrogens (primary N) is 1. The second kappa shape index (κ2) is 6.37. The van der Waals surface area contributed by atoms with Gasteiger partial charge in [0.25, 0.3) is 5.91 Å². The molecule has 0 aliphatic carbocycles. The lowest BCUT2D eigenvalue weighted by atomic mass is 10.1. The molecule has 1 unspecified atom stereocenters. The standard InChI is InChI=1S/C14H21N3O2S/c1-3-12(13(15)20)16-4-6-17(7-5-16)14(18)11-8-10(2)19-9-11/h8-9,12H,3-7H2,1-2H3,(H2,15,20). The zero-order valence-corrected chi connectivity index (χ0v) is 12.8. The summed E-state index contributed by atoms with van der Waals surface area (Å²) in [6, 6.07) is 1.91. The van der Waals surface area contributed by atoms with Crippen molar-refractivity contribution in [3.8, 4) is 0 Å². The van der Waals surface area contributed by atoms with Gasteiger partial charge in [-0.05, 0) is 19.4 Å². The number of thiocarbonyl (C=S) groups is 1. The monoisotopic (exact) mass is 295 g/mol. The van der Waals surface area contributed by atoms with Gasteiger partial charge in [-0.25, -0.2) is 0 Å². The third kappa shape index (κ3) is 3.19. The van der Waals surface area contributed by atoms with Crippen molar-refractivity contribution in [2.45, 2.75) is 26.3 Å². The van der Waals surface area contributed by atoms with Crippen molar-refractivity contribution in [3.05, 3.63) is 23.7 Å². The molecule has 1 aromatic rings. The van der Waals surface area contributed by atoms with Crippen LogP contribution in [0.15, 0.2) is 16.7 Å². The highest BCUT2D eigenvalue weighted by molar-refractivity contribution is 7.80. The molecule has 6 heteroatoms. The first-order valence-electron chi connectivity index (χ1n) is 6.90. The number of carbonyl (C=O) groups is 1. The molecule has 1 aliphatic heterocycles. The van der Waals surface area contributed by atoms with Gasteiger partial charge < -0.3 is 15.1 Å². The first kappa shape index (κ1) is 15.0. The predicted octanol–water partition coefficient (Wildman–Crippen LogP) is 1.41. The fourth-order valence-electron chi connectivity index (χ4n) is 2.61. The maximum atomic E-state index is 12.3. The lowest BCUT2D eigenvalue weighted by Gasteiger charge is -2.38. The van der Waals surface area contributed by atoms with Crippen LogP contribution in [0, 0.1) is 6.92 Å². The number of hydrogen-bond donors (Lipinski definition) is 1. The first-order chi connectivity index (χ1) is 9.52. The van der Waals surface area contributed by atoms with Crippen LogP contribution in [0.25, 0.3) is 0 Å². The third-order valence-electron chi connectivity index (χ3n) is 3.73. The average Bonchev–Trinajstić information content (AvgIpc) is 2.86. The molecule has 1 atom stereocenters. The Morgan fingerprint density at radius 1 is 1.45 bits per heavy atom. The van der Waals surface area contributed by atoms with E-state index in [0.29, 0.717) is 23.6 Å². The van der Waals surface area contributed by atoms with Crippen molar-refractivity contribution in [2.24, 2.45) is 5.73 Å². The zero-order valence-electron chi connectivity index (χ0n) is 12.0. The molecule has 110 valence electrons. The average molecular weight is 295 g/mol. The molecule has 1 amide bonds. The third-order valence-corrected chi connectivity index (χ3v) is 4.01. The Bertz CT molecular complexity index is 492. The van der Waals surface area contributed by atoms with E-state index in [1.807, 2.05) is 11.8 Å². The second-order valence-corrected chi connectivity index (χ2v) is 5.57. The van der Waals surface area contributed by atoms with Crippen LogP contribution in [0.2, 0.25) is 0 Å². The lowest BCUT2D eigenvalue weighted by Crippen LogP contribution is -2.54. The van der Waals surface area contributed by atoms with Crippen LogP contribution in [-0.4, -0.2) is 52.9 Å². The van der Waals surface area contributed by atoms with Crippen LogP contribution in [0.5, 0.6) is 0 Å². The van der Waals surface area contributed by atoms with E-state index in [4.69, 9.17) is 22.4 Å². The summed E-state index contributed by atoms with van der Waals surface area (Å²) in [5, 5.41) is 0. The molecular formula is C14H21N3O2S. The summed E-state index contributed by atoms with van der Waals surface area (Å²) in [6.07, 6.45) is 2.43. The van der Waals surface area contributed by atoms with E-state index in [2.05, 4.69) is 11.8 Å². The van der Waals surface area contributed by atoms with Crippen molar-refractivity contribution >= 4 is 23.1 Å². The van der Waals surface area contributed by atoms with E-state index in [1.165, 1.54) is 6.26 Å². The highest BCUT2D eigenvalue weighted by Gasteiger charge is 2.27. The van der Waals surface area contributed by atoms with Crippen molar-refractivity contribution in [3.63, 3.8) is 0 Å². The Kier molecular flexibility index (Phi) is 4.77. The SMILES string of the molecule is CCC(C(N)=S)N1CCN(C(=O)c2coc(C)c2)CC1. The number of carbonyl (C=O) groups excluding carboxylic acids is 1. The predicted molar refractivity (Wildman–Crippen MR) is 81.8 cm³/mol. The summed E-state index contributed by atoms with van der Waals surface area (Å²) >= 11 is 5.10. The normalized spacial score (nSPS) is 18.0. The van der Waals surface area contributed by atoms with Crippen LogP contribution in [-0.2, 0) is 0 Å². The Hall–Kier alpha value is -1.40. The number of piperazine rings is 1. The van der Waals surface area contributed by atoms with Crippen LogP contribution < -0.4 is 5.73 Å². The largest absolute Gasteiger partial charge is 0.469 e. The van der Waals surface area contributed by atoms with Crippen LogP contribution >= 0.6 is 12.2 Å². The molecule has 2 N–H and O–H groups in total. The Labute approximate surface area is 124 Å². The molecule has 0 radical (unpaired) electrons. The van der Waals surface area contributed by atoms with Gasteiger partial charge in [0.05, 0.1) is 16.6 Å². The molecule has 2 heterocycles. The smallest absolute Gasteiger partial charge is 0.257 e. The second-order valence-electron chi connectivity index (χ2n) is 5.10. The van der Waals surface area contributed by atoms with Crippen molar-refractivity contribution in [1.29, 1.82) is 0 Å². The van der Waals surface area contributed by atoms with Crippen molar-refractivity contribution in [2.75, 3.05) is 26.2 Å². The minimum absolute atomic E-state index is 0.0323. The van der Waals surface area contributed by atoms with E-state index in [0.717, 1.165) is 25.3 Å². The minimum atomic E-state index is 0.0323. The number of rotatable bonds is 4. The molecule has 0 bridgehead atoms. The van der Waals surface area contributed by atoms with Gasteiger partial charge >= 0.3 is 0 Å². The van der Waals surface area contributed by atoms with E-state index in [-0.39, 0.29) is 11.9 Å². The number of nitrogens with zero attached hydrogens (tertiary/aromatic N) is 2. The molecule has 0 spiro atoms. The zero-order chi connectivity index (χ0) is 14.7. The summed E-state index contributed by atoms with van der Waals surface area (Å²) in [6.45, 7) is 6.92. The van der Waals surface area contributed by atoms with Crippen molar-refractivity contribution in [1.82, 2.24) is 9.80 Å². The number of amides is 1. The Morgan fingerprint density at radius 2 is 2.10 bits per heavy atom. The topological polar surface area (TPSA) is 62.7 Å². The lowest BCUT2D eigenvalue weighted by molar-refractivity contribution is 0.0611. The van der Waals surface area contributed by atoms with Gasteiger partial charge in [-0.15, -0.1) is 0 Å². The van der Waals surface area contributed by atoms with Crippen LogP contribution in [0.4, 0.5) is 0 Å². The number of furan rings is 1. The maximum absolute atomic E-state index is 12.3. The van der Waals surface area contributed by atoms with E-state index in [1.54, 1.807) is 6.07 Å². The van der Waals surface area contributed by atoms with E-state index >= 15 is 0 Å². The van der Waals surface area contributed by atoms with Gasteiger partial charge in [-0.1, -0.05) is 19.1 Å². The fourth-order valence-corrected chi connectivity index (χ4v) is 2.93. The summed E-state index contributed by atoms with van der Waals surface area (Å²) in [7, 11) is 0. The first-order valence-corrected chi connectivity index (χ1v) is 7.31. The summed E-state index contributed by atoms with van der Waals surface area (Å²) < 4.78 is 5.19. The highest BCUT2D eigenvalue weighted by atomic mass is 32.1. The molecule has 2 rings (SSSR count). The molecular weight excluding hydrogens is 274 g/mol. The molecule has 20 heavy (non-hydrogen) atoms. The molecule has 0 saturated carbocycles. The molecule has 1 saturated heterocycles. The molecule has 1 aliphatic rings. The van der Waals surface area contributed by atoms with Gasteiger partial charge in [0.15, 0.2) is 0 Å². The molecule has 1 aromatic heterocycles. The van der Waals surface area contributed by atoms with Crippen LogP contribution in [0.3, 0.4) is 0 Å². The van der Waals surface area contributed by atoms with Crippen LogP contribution in [0.1, 0.15) is 29.5 Å². The molecule has 0 aromatic carbocycles. The summed E-state index contributed by atoms with van der Waals surface area (Å²) in [4.78, 5) is 16.9. The number of aryl methyl sites for hydroxylation is 1. The fraction of sp³-hybridized carbons (Fsp3) is 0.571. The maximum Gasteiger partial charge on any atom is 0.257 e. The molecule has 5 nitrogen and oxygen atoms in total. The van der Waals surface area contributed by atoms with Gasteiger partial charge in [0.1, 0.15) is 12.0 Å². The van der Waals surface area contributed by atoms with Crippen molar-refractivity contribution < 1.29 is 9.21 Å². The Balaban J connectivity index is 1.94. The highest BCUT2D eigenvalue weighted by Crippen LogP contribution is 2.14. The summed E-state index contributed by atoms with van der Waals surface area (Å²) in [5.41, 5.74) is 6.39. The van der Waals surface area contributed by atoms with Gasteiger partial charge in [0, 0.05) is 26.2 Å².